The molecule has 9 N–H and O–H groups in total. The Bertz CT molecular complexity index is 2110. The molecule has 0 radical (unpaired) electrons. The van der Waals surface area contributed by atoms with E-state index in [9.17, 15) is 45.6 Å². The Balaban J connectivity index is 1.66. The van der Waals surface area contributed by atoms with E-state index in [1.54, 1.807) is 6.08 Å². The molecule has 14 heteroatoms. The molecule has 0 aliphatic carbocycles. The number of aliphatic hydroxyl groups excluding tert-OH is 8. The van der Waals surface area contributed by atoms with Crippen molar-refractivity contribution in [3.63, 3.8) is 0 Å². The number of nitrogens with one attached hydrogen (secondary N) is 1. The lowest BCUT2D eigenvalue weighted by Gasteiger charge is -2.46. The average Bonchev–Trinajstić information content (AvgIpc) is 0.793. The van der Waals surface area contributed by atoms with E-state index in [1.165, 1.54) is 173 Å². The van der Waals surface area contributed by atoms with Crippen molar-refractivity contribution in [2.45, 2.75) is 383 Å². The van der Waals surface area contributed by atoms with Gasteiger partial charge in [-0.2, -0.15) is 0 Å². The van der Waals surface area contributed by atoms with Gasteiger partial charge in [-0.15, -0.1) is 0 Å². The molecule has 564 valence electrons. The quantitative estimate of drug-likeness (QED) is 0.0204. The van der Waals surface area contributed by atoms with Crippen molar-refractivity contribution >= 4 is 5.91 Å². The summed E-state index contributed by atoms with van der Waals surface area (Å²) in [6, 6.07) is -0.953. The lowest BCUT2D eigenvalue weighted by atomic mass is 9.97. The van der Waals surface area contributed by atoms with Gasteiger partial charge in [0.2, 0.25) is 5.91 Å². The smallest absolute Gasteiger partial charge is 0.220 e. The van der Waals surface area contributed by atoms with Crippen LogP contribution in [0, 0.1) is 0 Å². The summed E-state index contributed by atoms with van der Waals surface area (Å²) in [4.78, 5) is 13.4. The van der Waals surface area contributed by atoms with E-state index in [-0.39, 0.29) is 18.9 Å². The van der Waals surface area contributed by atoms with Crippen LogP contribution in [0.4, 0.5) is 0 Å². The zero-order valence-corrected chi connectivity index (χ0v) is 61.7. The second-order valence-corrected chi connectivity index (χ2v) is 27.4. The Kier molecular flexibility index (Phi) is 61.5. The molecular weight excluding hydrogens is 1230 g/mol. The van der Waals surface area contributed by atoms with E-state index in [1.807, 2.05) is 6.08 Å². The number of aliphatic hydroxyl groups is 8. The molecule has 0 aromatic rings. The van der Waals surface area contributed by atoms with Gasteiger partial charge in [-0.25, -0.2) is 0 Å². The number of rotatable bonds is 65. The molecule has 0 saturated carbocycles. The van der Waals surface area contributed by atoms with Crippen LogP contribution in [-0.4, -0.2) is 140 Å². The fraction of sp³-hybridized carbons (Fsp3) is 0.750. The van der Waals surface area contributed by atoms with Crippen LogP contribution < -0.4 is 5.32 Å². The Labute approximate surface area is 597 Å². The molecule has 14 nitrogen and oxygen atoms in total. The van der Waals surface area contributed by atoms with Gasteiger partial charge in [0, 0.05) is 6.42 Å². The molecule has 1 amide bonds. The van der Waals surface area contributed by atoms with Crippen LogP contribution in [0.25, 0.3) is 0 Å². The maximum absolute atomic E-state index is 13.4. The molecule has 0 aromatic carbocycles. The molecule has 2 fully saturated rings. The number of unbranched alkanes of at least 4 members (excludes halogenated alkanes) is 34. The summed E-state index contributed by atoms with van der Waals surface area (Å²) >= 11 is 0. The predicted molar refractivity (Wildman–Crippen MR) is 405 cm³/mol. The van der Waals surface area contributed by atoms with Crippen molar-refractivity contribution < 1.29 is 64.6 Å². The van der Waals surface area contributed by atoms with Crippen molar-refractivity contribution in [2.75, 3.05) is 19.8 Å². The van der Waals surface area contributed by atoms with Crippen molar-refractivity contribution in [3.8, 4) is 0 Å². The van der Waals surface area contributed by atoms with Crippen LogP contribution in [0.5, 0.6) is 0 Å². The first-order valence-corrected chi connectivity index (χ1v) is 39.8. The summed E-state index contributed by atoms with van der Waals surface area (Å²) in [5, 5.41) is 87.6. The van der Waals surface area contributed by atoms with Gasteiger partial charge in [0.1, 0.15) is 48.8 Å². The van der Waals surface area contributed by atoms with Crippen LogP contribution in [0.2, 0.25) is 0 Å². The Morgan fingerprint density at radius 3 is 1.12 bits per heavy atom. The molecule has 0 bridgehead atoms. The zero-order chi connectivity index (χ0) is 70.8. The summed E-state index contributed by atoms with van der Waals surface area (Å²) in [5.41, 5.74) is 0. The largest absolute Gasteiger partial charge is 0.394 e. The molecule has 0 aromatic heterocycles. The SMILES string of the molecule is CC/C=C\C/C=C\C/C=C\C/C=C\C/C=C\C/C=C\C/C=C\CCCCCCCCCCCC(=O)NC(COC1OC(CO)C(OC2OC(CO)C(O)C(O)C2O)C(O)C1O)C(O)/C=C/CC/C=C/CC/C=C/CCCCCCCCCCCCCCCCCCCCCCCCC. The lowest BCUT2D eigenvalue weighted by molar-refractivity contribution is -0.359. The van der Waals surface area contributed by atoms with Gasteiger partial charge < -0.3 is 65.1 Å². The molecule has 2 saturated heterocycles. The number of hydrogen-bond acceptors (Lipinski definition) is 13. The van der Waals surface area contributed by atoms with E-state index >= 15 is 0 Å². The Morgan fingerprint density at radius 2 is 0.714 bits per heavy atom. The van der Waals surface area contributed by atoms with Crippen LogP contribution in [0.15, 0.2) is 122 Å². The Morgan fingerprint density at radius 1 is 0.378 bits per heavy atom. The summed E-state index contributed by atoms with van der Waals surface area (Å²) in [5.74, 6) is -0.262. The highest BCUT2D eigenvalue weighted by atomic mass is 16.7. The van der Waals surface area contributed by atoms with Crippen LogP contribution >= 0.6 is 0 Å². The fourth-order valence-electron chi connectivity index (χ4n) is 12.4. The minimum Gasteiger partial charge on any atom is -0.394 e. The summed E-state index contributed by atoms with van der Waals surface area (Å²) in [7, 11) is 0. The van der Waals surface area contributed by atoms with Crippen molar-refractivity contribution in [1.82, 2.24) is 5.32 Å². The highest BCUT2D eigenvalue weighted by Crippen LogP contribution is 2.30. The minimum absolute atomic E-state index is 0.255. The number of allylic oxidation sites excluding steroid dienone is 19. The molecule has 12 atom stereocenters. The monoisotopic (exact) mass is 1380 g/mol. The average molecular weight is 1380 g/mol. The van der Waals surface area contributed by atoms with E-state index in [4.69, 9.17) is 18.9 Å². The summed E-state index contributed by atoms with van der Waals surface area (Å²) in [6.07, 6.45) is 81.3. The lowest BCUT2D eigenvalue weighted by Crippen LogP contribution is -2.65. The van der Waals surface area contributed by atoms with Gasteiger partial charge in [-0.3, -0.25) is 4.79 Å². The summed E-state index contributed by atoms with van der Waals surface area (Å²) < 4.78 is 22.9. The number of carbonyl (C=O) groups excluding carboxylic acids is 1. The fourth-order valence-corrected chi connectivity index (χ4v) is 12.4. The highest BCUT2D eigenvalue weighted by Gasteiger charge is 2.51. The minimum atomic E-state index is -1.80. The first-order chi connectivity index (χ1) is 48.1. The van der Waals surface area contributed by atoms with Crippen LogP contribution in [-0.2, 0) is 23.7 Å². The molecule has 12 unspecified atom stereocenters. The van der Waals surface area contributed by atoms with E-state index in [0.717, 1.165) is 103 Å². The zero-order valence-electron chi connectivity index (χ0n) is 61.7. The first kappa shape index (κ1) is 90.5. The van der Waals surface area contributed by atoms with Crippen molar-refractivity contribution in [1.29, 1.82) is 0 Å². The molecule has 98 heavy (non-hydrogen) atoms. The summed E-state index contributed by atoms with van der Waals surface area (Å²) in [6.45, 7) is 2.68. The van der Waals surface area contributed by atoms with E-state index < -0.39 is 86.8 Å². The van der Waals surface area contributed by atoms with E-state index in [2.05, 4.69) is 129 Å². The van der Waals surface area contributed by atoms with E-state index in [0.29, 0.717) is 12.8 Å². The van der Waals surface area contributed by atoms with Gasteiger partial charge in [0.25, 0.3) is 0 Å². The number of hydrogen-bond donors (Lipinski definition) is 9. The topological polar surface area (TPSA) is 228 Å². The third-order valence-corrected chi connectivity index (χ3v) is 18.6. The van der Waals surface area contributed by atoms with Gasteiger partial charge in [-0.05, 0) is 103 Å². The second-order valence-electron chi connectivity index (χ2n) is 27.4. The maximum atomic E-state index is 13.4. The molecular formula is C84H145NO13. The van der Waals surface area contributed by atoms with Gasteiger partial charge in [0.05, 0.1) is 32.0 Å². The molecule has 2 aliphatic heterocycles. The third kappa shape index (κ3) is 49.1. The molecule has 2 aliphatic rings. The third-order valence-electron chi connectivity index (χ3n) is 18.6. The normalized spacial score (nSPS) is 22.7. The van der Waals surface area contributed by atoms with Gasteiger partial charge in [0.15, 0.2) is 12.6 Å². The van der Waals surface area contributed by atoms with Gasteiger partial charge >= 0.3 is 0 Å². The van der Waals surface area contributed by atoms with Crippen molar-refractivity contribution in [3.05, 3.63) is 122 Å². The number of ether oxygens (including phenoxy) is 4. The van der Waals surface area contributed by atoms with Crippen molar-refractivity contribution in [2.24, 2.45) is 0 Å². The predicted octanol–water partition coefficient (Wildman–Crippen LogP) is 18.0. The highest BCUT2D eigenvalue weighted by molar-refractivity contribution is 5.76. The van der Waals surface area contributed by atoms with Gasteiger partial charge in [-0.1, -0.05) is 322 Å². The van der Waals surface area contributed by atoms with Crippen LogP contribution in [0.3, 0.4) is 0 Å². The molecule has 2 heterocycles. The maximum Gasteiger partial charge on any atom is 0.220 e. The Hall–Kier alpha value is -3.61. The van der Waals surface area contributed by atoms with Crippen LogP contribution in [0.1, 0.15) is 309 Å². The number of amides is 1. The molecule has 0 spiro atoms. The molecule has 2 rings (SSSR count). The first-order valence-electron chi connectivity index (χ1n) is 39.8. The standard InChI is InChI=1S/C84H145NO13/c1-3-5-7-9-11-13-15-17-19-21-23-25-27-29-31-33-35-36-38-39-41-43-45-47-49-51-53-55-57-59-61-63-65-67-73(88)72(71-95-83-81(94)79(92)82(75(70-87)97-83)98-84-80(93)78(91)77(90)74(69-86)96-84)85-76(89)68-66-64-62-60-58-56-54-52-50-48-46-44-42-40-37-34-32-30-28-26-24-22-20-18-16-14-12-10-8-6-4-2/h6,8,12,14,18,20,24,26,30,32,37,40,44,46,49,51,57,59,65,67,72-75,77-84,86-88,90-94H,3-5,7,9-11,13,15-17,19,21-23,25,27-29,31,33-36,38-39,41-43,45,47-48,50,52-56,58,60-64,66,68-71H2,1-2H3,(H,85,89)/b8-6-,14-12-,20-18-,26-24-,32-30-,40-37-,46-44-,51-49+,59-57+,67-65+. The number of carbonyl (C=O) groups is 1. The second kappa shape index (κ2) is 66.6.